The van der Waals surface area contributed by atoms with E-state index in [1.807, 2.05) is 35.3 Å². The van der Waals surface area contributed by atoms with Crippen LogP contribution in [0.5, 0.6) is 0 Å². The van der Waals surface area contributed by atoms with E-state index in [1.54, 1.807) is 0 Å². The molecule has 0 atom stereocenters. The van der Waals surface area contributed by atoms with E-state index in [0.717, 1.165) is 42.7 Å². The van der Waals surface area contributed by atoms with E-state index >= 15 is 0 Å². The number of aryl methyl sites for hydroxylation is 1. The van der Waals surface area contributed by atoms with E-state index in [2.05, 4.69) is 34.1 Å². The minimum atomic E-state index is 0.745. The molecule has 2 aromatic heterocycles. The van der Waals surface area contributed by atoms with Crippen molar-refractivity contribution in [1.29, 1.82) is 0 Å². The number of fused-ring (bicyclic) bond motifs is 1. The van der Waals surface area contributed by atoms with Crippen LogP contribution in [0.25, 0.3) is 11.0 Å². The molecule has 0 unspecified atom stereocenters. The fourth-order valence-corrected chi connectivity index (χ4v) is 2.23. The highest BCUT2D eigenvalue weighted by atomic mass is 15.3. The Morgan fingerprint density at radius 3 is 2.75 bits per heavy atom. The zero-order valence-corrected chi connectivity index (χ0v) is 11.7. The maximum atomic E-state index is 4.66. The Morgan fingerprint density at radius 1 is 1.10 bits per heavy atom. The van der Waals surface area contributed by atoms with Crippen molar-refractivity contribution in [3.05, 3.63) is 54.1 Å². The number of unbranched alkanes of at least 4 members (excludes halogenated alkanes) is 1. The van der Waals surface area contributed by atoms with Crippen molar-refractivity contribution >= 4 is 11.0 Å². The van der Waals surface area contributed by atoms with Crippen molar-refractivity contribution in [2.24, 2.45) is 0 Å². The maximum absolute atomic E-state index is 4.66. The third-order valence-corrected chi connectivity index (χ3v) is 3.36. The summed E-state index contributed by atoms with van der Waals surface area (Å²) >= 11 is 0. The lowest BCUT2D eigenvalue weighted by Gasteiger charge is -2.04. The van der Waals surface area contributed by atoms with Crippen LogP contribution in [0, 0.1) is 0 Å². The minimum Gasteiger partial charge on any atom is -0.243 e. The molecule has 0 N–H and O–H groups in total. The second-order valence-corrected chi connectivity index (χ2v) is 4.96. The van der Waals surface area contributed by atoms with E-state index in [-0.39, 0.29) is 0 Å². The first-order chi connectivity index (χ1) is 9.86. The van der Waals surface area contributed by atoms with Gasteiger partial charge in [0.15, 0.2) is 5.65 Å². The van der Waals surface area contributed by atoms with E-state index in [4.69, 9.17) is 0 Å². The number of hydrogen-bond acceptors (Lipinski definition) is 3. The first kappa shape index (κ1) is 12.8. The normalized spacial score (nSPS) is 11.1. The van der Waals surface area contributed by atoms with Crippen LogP contribution >= 0.6 is 0 Å². The largest absolute Gasteiger partial charge is 0.243 e. The van der Waals surface area contributed by atoms with Gasteiger partial charge < -0.3 is 0 Å². The second kappa shape index (κ2) is 5.82. The lowest BCUT2D eigenvalue weighted by molar-refractivity contribution is 0.696. The van der Waals surface area contributed by atoms with Crippen molar-refractivity contribution < 1.29 is 0 Å². The zero-order chi connectivity index (χ0) is 13.8. The van der Waals surface area contributed by atoms with Gasteiger partial charge in [0.25, 0.3) is 0 Å². The van der Waals surface area contributed by atoms with Gasteiger partial charge in [0.05, 0.1) is 18.1 Å². The Bertz CT molecular complexity index is 688. The molecule has 0 spiro atoms. The van der Waals surface area contributed by atoms with Gasteiger partial charge in [0.2, 0.25) is 0 Å². The molecule has 0 saturated carbocycles. The molecule has 102 valence electrons. The Balaban J connectivity index is 1.90. The van der Waals surface area contributed by atoms with E-state index in [9.17, 15) is 0 Å². The molecule has 3 aromatic rings. The van der Waals surface area contributed by atoms with Crippen LogP contribution in [0.2, 0.25) is 0 Å². The third kappa shape index (κ3) is 2.69. The van der Waals surface area contributed by atoms with Crippen molar-refractivity contribution in [2.45, 2.75) is 32.7 Å². The smallest absolute Gasteiger partial charge is 0.161 e. The predicted molar refractivity (Wildman–Crippen MR) is 79.5 cm³/mol. The van der Waals surface area contributed by atoms with Gasteiger partial charge in [-0.25, -0.2) is 14.6 Å². The Labute approximate surface area is 118 Å². The highest BCUT2D eigenvalue weighted by molar-refractivity contribution is 5.73. The van der Waals surface area contributed by atoms with Crippen molar-refractivity contribution in [3.63, 3.8) is 0 Å². The number of nitrogens with zero attached hydrogens (tertiary/aromatic N) is 4. The molecule has 0 radical (unpaired) electrons. The lowest BCUT2D eigenvalue weighted by atomic mass is 10.2. The predicted octanol–water partition coefficient (Wildman–Crippen LogP) is 3.22. The van der Waals surface area contributed by atoms with Crippen LogP contribution in [0.4, 0.5) is 0 Å². The molecule has 0 aliphatic heterocycles. The molecule has 2 heterocycles. The van der Waals surface area contributed by atoms with Crippen LogP contribution in [0.15, 0.2) is 42.7 Å². The second-order valence-electron chi connectivity index (χ2n) is 4.96. The van der Waals surface area contributed by atoms with E-state index in [0.29, 0.717) is 0 Å². The van der Waals surface area contributed by atoms with Gasteiger partial charge in [-0.15, -0.1) is 0 Å². The van der Waals surface area contributed by atoms with E-state index < -0.39 is 0 Å². The maximum Gasteiger partial charge on any atom is 0.161 e. The summed E-state index contributed by atoms with van der Waals surface area (Å²) in [5, 5.41) is 5.43. The lowest BCUT2D eigenvalue weighted by Crippen LogP contribution is -2.04. The Kier molecular flexibility index (Phi) is 3.72. The Morgan fingerprint density at radius 2 is 1.95 bits per heavy atom. The first-order valence-electron chi connectivity index (χ1n) is 7.08. The molecule has 0 aliphatic rings. The molecular weight excluding hydrogens is 248 g/mol. The summed E-state index contributed by atoms with van der Waals surface area (Å²) in [7, 11) is 0. The molecule has 20 heavy (non-hydrogen) atoms. The Hall–Kier alpha value is -2.23. The molecule has 0 fully saturated rings. The number of hydrogen-bond donors (Lipinski definition) is 0. The molecule has 4 heteroatoms. The summed E-state index contributed by atoms with van der Waals surface area (Å²) in [5.74, 6) is 0.911. The highest BCUT2D eigenvalue weighted by Crippen LogP contribution is 2.13. The summed E-state index contributed by atoms with van der Waals surface area (Å²) in [6, 6.07) is 10.3. The average Bonchev–Trinajstić information content (AvgIpc) is 2.89. The van der Waals surface area contributed by atoms with Gasteiger partial charge >= 0.3 is 0 Å². The molecular formula is C16H18N4. The van der Waals surface area contributed by atoms with Gasteiger partial charge in [-0.1, -0.05) is 43.7 Å². The number of aromatic nitrogens is 4. The van der Waals surface area contributed by atoms with Crippen LogP contribution in [0.3, 0.4) is 0 Å². The summed E-state index contributed by atoms with van der Waals surface area (Å²) in [5.41, 5.74) is 2.15. The molecule has 0 amide bonds. The summed E-state index contributed by atoms with van der Waals surface area (Å²) in [4.78, 5) is 9.06. The summed E-state index contributed by atoms with van der Waals surface area (Å²) in [6.07, 6.45) is 6.93. The average molecular weight is 266 g/mol. The van der Waals surface area contributed by atoms with Gasteiger partial charge in [-0.2, -0.15) is 5.10 Å². The SMILES string of the molecule is CCCCc1ncc2cnn(Cc3ccccc3)c2n1. The minimum absolute atomic E-state index is 0.745. The summed E-state index contributed by atoms with van der Waals surface area (Å²) in [6.45, 7) is 2.92. The van der Waals surface area contributed by atoms with Crippen molar-refractivity contribution in [1.82, 2.24) is 19.7 Å². The van der Waals surface area contributed by atoms with Crippen molar-refractivity contribution in [3.8, 4) is 0 Å². The molecule has 0 bridgehead atoms. The fourth-order valence-electron chi connectivity index (χ4n) is 2.23. The van der Waals surface area contributed by atoms with Crippen LogP contribution in [-0.2, 0) is 13.0 Å². The third-order valence-electron chi connectivity index (χ3n) is 3.36. The number of benzene rings is 1. The van der Waals surface area contributed by atoms with E-state index in [1.165, 1.54) is 5.56 Å². The summed E-state index contributed by atoms with van der Waals surface area (Å²) < 4.78 is 1.95. The number of rotatable bonds is 5. The quantitative estimate of drug-likeness (QED) is 0.712. The van der Waals surface area contributed by atoms with Crippen LogP contribution < -0.4 is 0 Å². The molecule has 3 rings (SSSR count). The molecule has 0 saturated heterocycles. The highest BCUT2D eigenvalue weighted by Gasteiger charge is 2.07. The van der Waals surface area contributed by atoms with Gasteiger partial charge in [-0.05, 0) is 12.0 Å². The molecule has 0 aliphatic carbocycles. The topological polar surface area (TPSA) is 43.6 Å². The van der Waals surface area contributed by atoms with Crippen LogP contribution in [0.1, 0.15) is 31.2 Å². The molecule has 1 aromatic carbocycles. The van der Waals surface area contributed by atoms with Gasteiger partial charge in [0, 0.05) is 12.6 Å². The fraction of sp³-hybridized carbons (Fsp3) is 0.312. The first-order valence-corrected chi connectivity index (χ1v) is 7.08. The monoisotopic (exact) mass is 266 g/mol. The zero-order valence-electron chi connectivity index (χ0n) is 11.7. The van der Waals surface area contributed by atoms with Crippen molar-refractivity contribution in [2.75, 3.05) is 0 Å². The van der Waals surface area contributed by atoms with Gasteiger partial charge in [-0.3, -0.25) is 0 Å². The van der Waals surface area contributed by atoms with Crippen LogP contribution in [-0.4, -0.2) is 19.7 Å². The molecule has 4 nitrogen and oxygen atoms in total. The van der Waals surface area contributed by atoms with Gasteiger partial charge in [0.1, 0.15) is 5.82 Å². The standard InChI is InChI=1S/C16H18N4/c1-2-3-9-15-17-10-14-11-18-20(16(14)19-15)12-13-7-5-4-6-8-13/h4-8,10-11H,2-3,9,12H2,1H3.